The van der Waals surface area contributed by atoms with E-state index >= 15 is 8.78 Å². The Kier molecular flexibility index (Phi) is 9.00. The molecule has 6 heterocycles. The van der Waals surface area contributed by atoms with E-state index in [4.69, 9.17) is 35.3 Å². The van der Waals surface area contributed by atoms with Crippen molar-refractivity contribution < 1.29 is 32.5 Å². The van der Waals surface area contributed by atoms with Gasteiger partial charge >= 0.3 is 12.1 Å². The lowest BCUT2D eigenvalue weighted by Gasteiger charge is -2.39. The predicted molar refractivity (Wildman–Crippen MR) is 200 cm³/mol. The molecule has 3 atom stereocenters. The highest BCUT2D eigenvalue weighted by atomic mass is 19.1. The van der Waals surface area contributed by atoms with Gasteiger partial charge in [-0.25, -0.2) is 13.6 Å². The number of hydrogen-bond acceptors (Lipinski definition) is 10. The fourth-order valence-electron chi connectivity index (χ4n) is 9.07. The molecular formula is C41H42F2N6O5. The third-order valence-electron chi connectivity index (χ3n) is 11.7. The molecule has 13 heteroatoms. The zero-order chi connectivity index (χ0) is 37.0. The van der Waals surface area contributed by atoms with Gasteiger partial charge in [-0.15, -0.1) is 6.42 Å². The monoisotopic (exact) mass is 736 g/mol. The number of fused-ring (bicyclic) bond motifs is 4. The summed E-state index contributed by atoms with van der Waals surface area (Å²) in [6.45, 7) is 10.1. The molecule has 0 saturated carbocycles. The summed E-state index contributed by atoms with van der Waals surface area (Å²) in [6, 6.07) is 10.1. The second-order valence-corrected chi connectivity index (χ2v) is 14.9. The highest BCUT2D eigenvalue weighted by Crippen LogP contribution is 2.46. The summed E-state index contributed by atoms with van der Waals surface area (Å²) in [5.41, 5.74) is 1.43. The normalized spacial score (nSPS) is 24.1. The van der Waals surface area contributed by atoms with Crippen molar-refractivity contribution in [2.24, 2.45) is 0 Å². The van der Waals surface area contributed by atoms with Crippen LogP contribution < -0.4 is 19.7 Å². The zero-order valence-corrected chi connectivity index (χ0v) is 30.0. The molecule has 1 unspecified atom stereocenters. The molecular weight excluding hydrogens is 694 g/mol. The predicted octanol–water partition coefficient (Wildman–Crippen LogP) is 5.28. The second kappa shape index (κ2) is 14.0. The summed E-state index contributed by atoms with van der Waals surface area (Å²) in [4.78, 5) is 28.8. The molecule has 280 valence electrons. The van der Waals surface area contributed by atoms with Crippen LogP contribution in [0.3, 0.4) is 0 Å². The Balaban J connectivity index is 1.09. The van der Waals surface area contributed by atoms with Crippen LogP contribution in [0.25, 0.3) is 32.8 Å². The van der Waals surface area contributed by atoms with Crippen LogP contribution in [0, 0.1) is 24.0 Å². The summed E-state index contributed by atoms with van der Waals surface area (Å²) in [6.07, 6.45) is 8.54. The first-order valence-electron chi connectivity index (χ1n) is 18.7. The standard InChI is InChI=1S/C41H42F2N6O5/c1-3-29-32(42)8-7-26-5-4-6-30(34(26)29)31-19-33-35-37(36(31)43)45-39(46-38(35)48-13-12-44-21-27(48)10-16-52-33)54-24-41-11-9-28(49(41)22-25(2)20-41)23-53-40(50)47-14-17-51-18-15-47/h1,4-8,19,27-28,44H,2,9-18,20-24H2/t27?,28-,41-/m0/s1. The maximum atomic E-state index is 17.3. The Morgan fingerprint density at radius 1 is 1.09 bits per heavy atom. The third-order valence-corrected chi connectivity index (χ3v) is 11.7. The van der Waals surface area contributed by atoms with Gasteiger partial charge in [0.1, 0.15) is 36.1 Å². The number of aromatic nitrogens is 2. The zero-order valence-electron chi connectivity index (χ0n) is 30.0. The highest BCUT2D eigenvalue weighted by molar-refractivity contribution is 6.05. The number of piperazine rings is 1. The smallest absolute Gasteiger partial charge is 0.409 e. The van der Waals surface area contributed by atoms with Gasteiger partial charge in [0.2, 0.25) is 0 Å². The number of halogens is 2. The van der Waals surface area contributed by atoms with Gasteiger partial charge in [0.15, 0.2) is 5.82 Å². The minimum atomic E-state index is -0.602. The number of anilines is 1. The average molecular weight is 737 g/mol. The van der Waals surface area contributed by atoms with E-state index in [9.17, 15) is 4.79 Å². The van der Waals surface area contributed by atoms with Gasteiger partial charge in [-0.2, -0.15) is 9.97 Å². The minimum absolute atomic E-state index is 0.00327. The lowest BCUT2D eigenvalue weighted by atomic mass is 9.93. The van der Waals surface area contributed by atoms with E-state index in [0.29, 0.717) is 85.7 Å². The van der Waals surface area contributed by atoms with Crippen molar-refractivity contribution in [1.29, 1.82) is 0 Å². The van der Waals surface area contributed by atoms with Crippen LogP contribution >= 0.6 is 0 Å². The molecule has 4 saturated heterocycles. The summed E-state index contributed by atoms with van der Waals surface area (Å²) >= 11 is 0. The molecule has 9 rings (SSSR count). The van der Waals surface area contributed by atoms with Gasteiger partial charge in [0.05, 0.1) is 36.3 Å². The van der Waals surface area contributed by atoms with Crippen molar-refractivity contribution in [3.05, 3.63) is 65.7 Å². The molecule has 4 aromatic rings. The quantitative estimate of drug-likeness (QED) is 0.208. The summed E-state index contributed by atoms with van der Waals surface area (Å²) in [7, 11) is 0. The van der Waals surface area contributed by atoms with Crippen molar-refractivity contribution >= 4 is 33.6 Å². The number of carbonyl (C=O) groups excluding carboxylic acids is 1. The van der Waals surface area contributed by atoms with Gasteiger partial charge in [0, 0.05) is 68.7 Å². The van der Waals surface area contributed by atoms with Crippen molar-refractivity contribution in [2.45, 2.75) is 43.3 Å². The maximum absolute atomic E-state index is 17.3. The maximum Gasteiger partial charge on any atom is 0.409 e. The Morgan fingerprint density at radius 2 is 1.96 bits per heavy atom. The van der Waals surface area contributed by atoms with Gasteiger partial charge in [-0.05, 0) is 42.3 Å². The van der Waals surface area contributed by atoms with E-state index in [-0.39, 0.29) is 54.0 Å². The Labute approximate surface area is 312 Å². The molecule has 1 aromatic heterocycles. The van der Waals surface area contributed by atoms with Crippen LogP contribution in [-0.4, -0.2) is 116 Å². The topological polar surface area (TPSA) is 102 Å². The second-order valence-electron chi connectivity index (χ2n) is 14.9. The van der Waals surface area contributed by atoms with Gasteiger partial charge in [-0.3, -0.25) is 4.90 Å². The number of benzene rings is 3. The van der Waals surface area contributed by atoms with Gasteiger partial charge in [0.25, 0.3) is 0 Å². The first-order valence-corrected chi connectivity index (χ1v) is 18.7. The molecule has 3 aromatic carbocycles. The minimum Gasteiger partial charge on any atom is -0.493 e. The highest BCUT2D eigenvalue weighted by Gasteiger charge is 2.51. The van der Waals surface area contributed by atoms with Crippen molar-refractivity contribution in [2.75, 3.05) is 77.2 Å². The molecule has 0 bridgehead atoms. The number of nitrogens with one attached hydrogen (secondary N) is 1. The van der Waals surface area contributed by atoms with Gasteiger partial charge < -0.3 is 34.1 Å². The number of nitrogens with zero attached hydrogens (tertiary/aromatic N) is 5. The van der Waals surface area contributed by atoms with E-state index in [1.165, 1.54) is 6.07 Å². The lowest BCUT2D eigenvalue weighted by Crippen LogP contribution is -2.52. The van der Waals surface area contributed by atoms with Crippen LogP contribution in [0.2, 0.25) is 0 Å². The lowest BCUT2D eigenvalue weighted by molar-refractivity contribution is 0.0139. The molecule has 0 radical (unpaired) electrons. The molecule has 54 heavy (non-hydrogen) atoms. The average Bonchev–Trinajstić information content (AvgIpc) is 3.69. The number of rotatable bonds is 6. The van der Waals surface area contributed by atoms with E-state index in [1.54, 1.807) is 29.2 Å². The van der Waals surface area contributed by atoms with E-state index in [0.717, 1.165) is 37.9 Å². The number of hydrogen-bond donors (Lipinski definition) is 1. The third kappa shape index (κ3) is 5.97. The number of amides is 1. The summed E-state index contributed by atoms with van der Waals surface area (Å²) < 4.78 is 56.4. The SMILES string of the molecule is C#Cc1c(F)ccc2cccc(-c3cc4c5c(nc(OC[C@@]67CC[C@@H](COC(=O)N8CCOCC8)N6CC(=C)C7)nc5c3F)N3CCNCC3CCO4)c12. The molecule has 11 nitrogen and oxygen atoms in total. The molecule has 0 aliphatic carbocycles. The van der Waals surface area contributed by atoms with Crippen LogP contribution in [0.1, 0.15) is 31.2 Å². The molecule has 1 amide bonds. The van der Waals surface area contributed by atoms with Crippen molar-refractivity contribution in [3.63, 3.8) is 0 Å². The first kappa shape index (κ1) is 34.7. The molecule has 5 aliphatic rings. The van der Waals surface area contributed by atoms with Crippen LogP contribution in [0.4, 0.5) is 19.4 Å². The van der Waals surface area contributed by atoms with E-state index in [1.807, 2.05) is 6.07 Å². The van der Waals surface area contributed by atoms with Crippen LogP contribution in [0.15, 0.2) is 48.6 Å². The number of terminal acetylenes is 1. The van der Waals surface area contributed by atoms with Crippen LogP contribution in [-0.2, 0) is 9.47 Å². The van der Waals surface area contributed by atoms with Crippen LogP contribution in [0.5, 0.6) is 11.8 Å². The fourth-order valence-corrected chi connectivity index (χ4v) is 9.07. The molecule has 1 N–H and O–H groups in total. The molecule has 5 aliphatic heterocycles. The Morgan fingerprint density at radius 3 is 2.81 bits per heavy atom. The van der Waals surface area contributed by atoms with Crippen molar-refractivity contribution in [1.82, 2.24) is 25.1 Å². The molecule has 0 spiro atoms. The summed E-state index contributed by atoms with van der Waals surface area (Å²) in [5, 5.41) is 5.06. The van der Waals surface area contributed by atoms with E-state index in [2.05, 4.69) is 27.6 Å². The Bertz CT molecular complexity index is 2200. The number of morpholine rings is 1. The van der Waals surface area contributed by atoms with E-state index < -0.39 is 17.2 Å². The number of carbonyl (C=O) groups is 1. The molecule has 4 fully saturated rings. The Hall–Kier alpha value is -5.03. The fraction of sp³-hybridized carbons (Fsp3) is 0.439. The first-order chi connectivity index (χ1) is 26.3. The van der Waals surface area contributed by atoms with Crippen molar-refractivity contribution in [3.8, 4) is 35.2 Å². The van der Waals surface area contributed by atoms with Gasteiger partial charge in [-0.1, -0.05) is 42.3 Å². The summed E-state index contributed by atoms with van der Waals surface area (Å²) in [5.74, 6) is 2.32. The largest absolute Gasteiger partial charge is 0.493 e. The number of ether oxygens (including phenoxy) is 4.